The van der Waals surface area contributed by atoms with Crippen molar-refractivity contribution < 1.29 is 19.1 Å². The molecular formula is C21H38N6O4. The first kappa shape index (κ1) is 26.3. The van der Waals surface area contributed by atoms with Crippen LogP contribution < -0.4 is 21.7 Å². The van der Waals surface area contributed by atoms with Crippen molar-refractivity contribution in [1.29, 1.82) is 0 Å². The lowest BCUT2D eigenvalue weighted by Crippen LogP contribution is -2.54. The van der Waals surface area contributed by atoms with Gasteiger partial charge in [0.05, 0.1) is 0 Å². The second-order valence-electron chi connectivity index (χ2n) is 9.65. The Labute approximate surface area is 184 Å². The average molecular weight is 439 g/mol. The van der Waals surface area contributed by atoms with Crippen molar-refractivity contribution in [2.75, 3.05) is 12.8 Å². The monoisotopic (exact) mass is 438 g/mol. The van der Waals surface area contributed by atoms with Gasteiger partial charge in [-0.25, -0.2) is 9.78 Å². The molecule has 1 heterocycles. The number of anilines is 1. The highest BCUT2D eigenvalue weighted by Gasteiger charge is 2.32. The number of aryl methyl sites for hydroxylation is 1. The zero-order valence-corrected chi connectivity index (χ0v) is 19.7. The van der Waals surface area contributed by atoms with Crippen molar-refractivity contribution in [2.24, 2.45) is 5.41 Å². The van der Waals surface area contributed by atoms with E-state index in [1.165, 1.54) is 7.05 Å². The zero-order chi connectivity index (χ0) is 23.8. The van der Waals surface area contributed by atoms with Gasteiger partial charge in [0.25, 0.3) is 0 Å². The number of ether oxygens (including phenoxy) is 1. The van der Waals surface area contributed by atoms with Gasteiger partial charge in [0.15, 0.2) is 5.95 Å². The number of nitrogens with zero attached hydrogens (tertiary/aromatic N) is 2. The van der Waals surface area contributed by atoms with Crippen LogP contribution >= 0.6 is 0 Å². The average Bonchev–Trinajstić information content (AvgIpc) is 3.01. The predicted molar refractivity (Wildman–Crippen MR) is 119 cm³/mol. The summed E-state index contributed by atoms with van der Waals surface area (Å²) in [5.74, 6) is -0.187. The van der Waals surface area contributed by atoms with E-state index in [1.807, 2.05) is 20.8 Å². The summed E-state index contributed by atoms with van der Waals surface area (Å²) in [7, 11) is 1.53. The molecule has 0 saturated heterocycles. The smallest absolute Gasteiger partial charge is 0.407 e. The van der Waals surface area contributed by atoms with Crippen molar-refractivity contribution >= 4 is 23.9 Å². The van der Waals surface area contributed by atoms with Crippen molar-refractivity contribution in [3.63, 3.8) is 0 Å². The molecule has 2 atom stereocenters. The molecule has 1 aromatic heterocycles. The Morgan fingerprint density at radius 2 is 1.81 bits per heavy atom. The van der Waals surface area contributed by atoms with Crippen LogP contribution in [0.2, 0.25) is 0 Å². The van der Waals surface area contributed by atoms with Crippen LogP contribution in [0.1, 0.15) is 60.8 Å². The van der Waals surface area contributed by atoms with Gasteiger partial charge in [-0.3, -0.25) is 9.59 Å². The number of carbonyl (C=O) groups excluding carboxylic acids is 3. The van der Waals surface area contributed by atoms with Crippen LogP contribution in [-0.2, 0) is 20.9 Å². The Bertz CT molecular complexity index is 748. The highest BCUT2D eigenvalue weighted by Crippen LogP contribution is 2.20. The molecule has 176 valence electrons. The Balaban J connectivity index is 2.80. The summed E-state index contributed by atoms with van der Waals surface area (Å²) in [6.45, 7) is 11.5. The normalized spacial score (nSPS) is 13.8. The van der Waals surface area contributed by atoms with Crippen molar-refractivity contribution in [2.45, 2.75) is 85.0 Å². The van der Waals surface area contributed by atoms with Crippen LogP contribution in [0.15, 0.2) is 12.4 Å². The maximum absolute atomic E-state index is 12.7. The lowest BCUT2D eigenvalue weighted by molar-refractivity contribution is -0.131. The van der Waals surface area contributed by atoms with Crippen molar-refractivity contribution in [3.05, 3.63) is 12.4 Å². The van der Waals surface area contributed by atoms with E-state index < -0.39 is 29.2 Å². The van der Waals surface area contributed by atoms with Gasteiger partial charge in [-0.05, 0) is 39.0 Å². The number of hydrogen-bond donors (Lipinski definition) is 4. The van der Waals surface area contributed by atoms with Crippen molar-refractivity contribution in [3.8, 4) is 0 Å². The number of imidazole rings is 1. The third-order valence-electron chi connectivity index (χ3n) is 4.53. The number of hydrogen-bond acceptors (Lipinski definition) is 6. The number of amides is 3. The molecule has 5 N–H and O–H groups in total. The van der Waals surface area contributed by atoms with Gasteiger partial charge >= 0.3 is 6.09 Å². The molecule has 0 aromatic carbocycles. The SMILES string of the molecule is CNC(=O)[C@@H](NC(=O)C[C@H](CCCn1ccnc1N)NC(=O)OC(C)(C)C)C(C)(C)C. The van der Waals surface area contributed by atoms with Gasteiger partial charge in [0, 0.05) is 38.4 Å². The number of nitrogen functional groups attached to an aromatic ring is 1. The van der Waals surface area contributed by atoms with Crippen LogP contribution in [0.3, 0.4) is 0 Å². The molecule has 31 heavy (non-hydrogen) atoms. The fraction of sp³-hybridized carbons (Fsp3) is 0.714. The molecule has 10 nitrogen and oxygen atoms in total. The third kappa shape index (κ3) is 9.71. The summed E-state index contributed by atoms with van der Waals surface area (Å²) in [6.07, 6.45) is 3.99. The van der Waals surface area contributed by atoms with E-state index >= 15 is 0 Å². The van der Waals surface area contributed by atoms with Gasteiger partial charge in [0.1, 0.15) is 11.6 Å². The first-order chi connectivity index (χ1) is 14.2. The molecule has 10 heteroatoms. The minimum atomic E-state index is -0.696. The fourth-order valence-corrected chi connectivity index (χ4v) is 3.00. The molecule has 0 aliphatic heterocycles. The highest BCUT2D eigenvalue weighted by atomic mass is 16.6. The largest absolute Gasteiger partial charge is 0.444 e. The second kappa shape index (κ2) is 11.0. The third-order valence-corrected chi connectivity index (χ3v) is 4.53. The second-order valence-corrected chi connectivity index (χ2v) is 9.65. The number of aromatic nitrogens is 2. The molecule has 0 spiro atoms. The number of nitrogens with one attached hydrogen (secondary N) is 3. The van der Waals surface area contributed by atoms with Crippen LogP contribution in [-0.4, -0.2) is 52.2 Å². The fourth-order valence-electron chi connectivity index (χ4n) is 3.00. The summed E-state index contributed by atoms with van der Waals surface area (Å²) in [6, 6.07) is -1.16. The molecule has 0 saturated carbocycles. The Kier molecular flexibility index (Phi) is 9.33. The summed E-state index contributed by atoms with van der Waals surface area (Å²) >= 11 is 0. The molecule has 1 aromatic rings. The maximum Gasteiger partial charge on any atom is 0.407 e. The molecule has 0 unspecified atom stereocenters. The van der Waals surface area contributed by atoms with E-state index in [2.05, 4.69) is 20.9 Å². The van der Waals surface area contributed by atoms with E-state index in [9.17, 15) is 14.4 Å². The number of alkyl carbamates (subject to hydrolysis) is 1. The maximum atomic E-state index is 12.7. The molecule has 0 fully saturated rings. The Hall–Kier alpha value is -2.78. The topological polar surface area (TPSA) is 140 Å². The number of rotatable bonds is 9. The standard InChI is InChI=1S/C21H38N6O4/c1-20(2,3)16(17(29)23-7)26-15(28)13-14(25-19(30)31-21(4,5)6)9-8-11-27-12-10-24-18(27)22/h10,12,14,16H,8-9,11,13H2,1-7H3,(H2,22,24)(H,23,29)(H,25,30)(H,26,28)/t14-,16+/m0/s1. The van der Waals surface area contributed by atoms with Crippen LogP contribution in [0.25, 0.3) is 0 Å². The summed E-state index contributed by atoms with van der Waals surface area (Å²) < 4.78 is 7.13. The highest BCUT2D eigenvalue weighted by molar-refractivity contribution is 5.88. The molecule has 0 bridgehead atoms. The first-order valence-electron chi connectivity index (χ1n) is 10.5. The van der Waals surface area contributed by atoms with Gasteiger partial charge in [-0.1, -0.05) is 20.8 Å². The minimum absolute atomic E-state index is 0.0161. The molecule has 3 amide bonds. The first-order valence-corrected chi connectivity index (χ1v) is 10.5. The van der Waals surface area contributed by atoms with E-state index in [4.69, 9.17) is 10.5 Å². The van der Waals surface area contributed by atoms with E-state index in [0.29, 0.717) is 25.3 Å². The molecule has 0 aliphatic carbocycles. The summed E-state index contributed by atoms with van der Waals surface area (Å²) in [4.78, 5) is 41.2. The molecular weight excluding hydrogens is 400 g/mol. The van der Waals surface area contributed by atoms with Crippen molar-refractivity contribution in [1.82, 2.24) is 25.5 Å². The van der Waals surface area contributed by atoms with E-state index in [1.54, 1.807) is 37.7 Å². The summed E-state index contributed by atoms with van der Waals surface area (Å²) in [5, 5.41) is 8.15. The zero-order valence-electron chi connectivity index (χ0n) is 19.7. The quantitative estimate of drug-likeness (QED) is 0.463. The number of nitrogens with two attached hydrogens (primary N) is 1. The Morgan fingerprint density at radius 3 is 2.29 bits per heavy atom. The van der Waals surface area contributed by atoms with E-state index in [-0.39, 0.29) is 18.2 Å². The lowest BCUT2D eigenvalue weighted by Gasteiger charge is -2.30. The molecule has 1 rings (SSSR count). The molecule has 0 aliphatic rings. The summed E-state index contributed by atoms with van der Waals surface area (Å²) in [5.41, 5.74) is 4.66. The van der Waals surface area contributed by atoms with Crippen LogP contribution in [0, 0.1) is 5.41 Å². The lowest BCUT2D eigenvalue weighted by atomic mass is 9.86. The van der Waals surface area contributed by atoms with E-state index in [0.717, 1.165) is 0 Å². The van der Waals surface area contributed by atoms with Gasteiger partial charge in [-0.15, -0.1) is 0 Å². The van der Waals surface area contributed by atoms with Crippen LogP contribution in [0.5, 0.6) is 0 Å². The predicted octanol–water partition coefficient (Wildman–Crippen LogP) is 1.81. The Morgan fingerprint density at radius 1 is 1.16 bits per heavy atom. The molecule has 0 radical (unpaired) electrons. The number of likely N-dealkylation sites (N-methyl/N-ethyl adjacent to an activating group) is 1. The minimum Gasteiger partial charge on any atom is -0.444 e. The van der Waals surface area contributed by atoms with Gasteiger partial charge in [0.2, 0.25) is 11.8 Å². The van der Waals surface area contributed by atoms with Gasteiger partial charge in [-0.2, -0.15) is 0 Å². The number of carbonyl (C=O) groups is 3. The van der Waals surface area contributed by atoms with Gasteiger partial charge < -0.3 is 31.0 Å². The van der Waals surface area contributed by atoms with Crippen LogP contribution in [0.4, 0.5) is 10.7 Å².